The molecule has 108 valence electrons. The average Bonchev–Trinajstić information content (AvgIpc) is 2.47. The third-order valence-corrected chi connectivity index (χ3v) is 3.19. The van der Waals surface area contributed by atoms with Gasteiger partial charge in [-0.05, 0) is 25.5 Å². The van der Waals surface area contributed by atoms with Crippen molar-refractivity contribution in [2.75, 3.05) is 5.32 Å². The summed E-state index contributed by atoms with van der Waals surface area (Å²) in [6.07, 6.45) is 0.311. The minimum atomic E-state index is -0.0983. The average molecular weight is 282 g/mol. The number of anilines is 1. The highest BCUT2D eigenvalue weighted by atomic mass is 16.4. The Morgan fingerprint density at radius 1 is 1.19 bits per heavy atom. The Bertz CT molecular complexity index is 678. The molecular formula is C17H18N2O2. The van der Waals surface area contributed by atoms with Crippen LogP contribution in [0.3, 0.4) is 0 Å². The molecule has 2 aromatic carbocycles. The van der Waals surface area contributed by atoms with Crippen molar-refractivity contribution in [3.05, 3.63) is 65.2 Å². The topological polar surface area (TPSA) is 61.7 Å². The molecule has 0 aliphatic rings. The zero-order chi connectivity index (χ0) is 15.2. The number of rotatable bonds is 4. The minimum absolute atomic E-state index is 0.0983. The maximum Gasteiger partial charge on any atom is 0.228 e. The highest BCUT2D eigenvalue weighted by Gasteiger charge is 2.09. The molecule has 4 heteroatoms. The van der Waals surface area contributed by atoms with E-state index >= 15 is 0 Å². The SMILES string of the molecule is CC(=NO)c1ccccc1NC(=O)Cc1cccc(C)c1. The molecule has 0 aromatic heterocycles. The van der Waals surface area contributed by atoms with Gasteiger partial charge in [0.15, 0.2) is 0 Å². The number of hydrogen-bond acceptors (Lipinski definition) is 3. The van der Waals surface area contributed by atoms with E-state index in [1.54, 1.807) is 19.1 Å². The monoisotopic (exact) mass is 282 g/mol. The van der Waals surface area contributed by atoms with Crippen LogP contribution in [0.2, 0.25) is 0 Å². The van der Waals surface area contributed by atoms with Crippen molar-refractivity contribution >= 4 is 17.3 Å². The number of amides is 1. The molecule has 2 N–H and O–H groups in total. The summed E-state index contributed by atoms with van der Waals surface area (Å²) in [5.74, 6) is -0.0983. The highest BCUT2D eigenvalue weighted by molar-refractivity contribution is 6.06. The first-order valence-electron chi connectivity index (χ1n) is 6.73. The van der Waals surface area contributed by atoms with Gasteiger partial charge in [-0.25, -0.2) is 0 Å². The van der Waals surface area contributed by atoms with Gasteiger partial charge in [-0.2, -0.15) is 0 Å². The van der Waals surface area contributed by atoms with Crippen LogP contribution in [0.1, 0.15) is 23.6 Å². The third-order valence-electron chi connectivity index (χ3n) is 3.19. The largest absolute Gasteiger partial charge is 0.411 e. The van der Waals surface area contributed by atoms with E-state index in [4.69, 9.17) is 5.21 Å². The van der Waals surface area contributed by atoms with Gasteiger partial charge in [0.2, 0.25) is 5.91 Å². The van der Waals surface area contributed by atoms with Gasteiger partial charge in [-0.1, -0.05) is 53.2 Å². The molecule has 0 unspecified atom stereocenters. The first-order chi connectivity index (χ1) is 10.1. The first-order valence-corrected chi connectivity index (χ1v) is 6.73. The molecule has 0 aliphatic heterocycles. The Balaban J connectivity index is 2.13. The van der Waals surface area contributed by atoms with E-state index in [0.717, 1.165) is 11.1 Å². The van der Waals surface area contributed by atoms with Crippen LogP contribution in [-0.4, -0.2) is 16.8 Å². The molecule has 2 rings (SSSR count). The Morgan fingerprint density at radius 2 is 1.95 bits per heavy atom. The van der Waals surface area contributed by atoms with E-state index in [0.29, 0.717) is 23.4 Å². The molecule has 0 saturated heterocycles. The summed E-state index contributed by atoms with van der Waals surface area (Å²) in [5.41, 5.74) is 3.91. The molecule has 0 aliphatic carbocycles. The van der Waals surface area contributed by atoms with Crippen LogP contribution in [0, 0.1) is 6.92 Å². The van der Waals surface area contributed by atoms with Crippen LogP contribution >= 0.6 is 0 Å². The van der Waals surface area contributed by atoms with Crippen molar-refractivity contribution < 1.29 is 10.0 Å². The number of carbonyl (C=O) groups is 1. The van der Waals surface area contributed by atoms with Gasteiger partial charge in [0.1, 0.15) is 0 Å². The summed E-state index contributed by atoms with van der Waals surface area (Å²) >= 11 is 0. The highest BCUT2D eigenvalue weighted by Crippen LogP contribution is 2.16. The molecule has 0 saturated carbocycles. The molecule has 0 spiro atoms. The molecule has 0 radical (unpaired) electrons. The molecule has 0 bridgehead atoms. The van der Waals surface area contributed by atoms with Crippen molar-refractivity contribution in [2.45, 2.75) is 20.3 Å². The van der Waals surface area contributed by atoms with Crippen molar-refractivity contribution in [1.29, 1.82) is 0 Å². The standard InChI is InChI=1S/C17H18N2O2/c1-12-6-5-7-14(10-12)11-17(20)18-16-9-4-3-8-15(16)13(2)19-21/h3-10,21H,11H2,1-2H3,(H,18,20). The summed E-state index contributed by atoms with van der Waals surface area (Å²) < 4.78 is 0. The molecule has 2 aromatic rings. The fraction of sp³-hybridized carbons (Fsp3) is 0.176. The summed E-state index contributed by atoms with van der Waals surface area (Å²) in [5, 5.41) is 14.9. The van der Waals surface area contributed by atoms with Crippen LogP contribution in [0.15, 0.2) is 53.7 Å². The van der Waals surface area contributed by atoms with Gasteiger partial charge in [0.25, 0.3) is 0 Å². The van der Waals surface area contributed by atoms with Crippen molar-refractivity contribution in [2.24, 2.45) is 5.16 Å². The van der Waals surface area contributed by atoms with Gasteiger partial charge in [-0.15, -0.1) is 0 Å². The number of aryl methyl sites for hydroxylation is 1. The Kier molecular flexibility index (Phi) is 4.72. The second-order valence-corrected chi connectivity index (χ2v) is 4.94. The number of para-hydroxylation sites is 1. The fourth-order valence-corrected chi connectivity index (χ4v) is 2.16. The first kappa shape index (κ1) is 14.8. The molecular weight excluding hydrogens is 264 g/mol. The van der Waals surface area contributed by atoms with E-state index in [1.165, 1.54) is 0 Å². The third kappa shape index (κ3) is 3.92. The Labute approximate surface area is 124 Å². The maximum absolute atomic E-state index is 12.1. The van der Waals surface area contributed by atoms with Gasteiger partial charge in [-0.3, -0.25) is 4.79 Å². The van der Waals surface area contributed by atoms with Crippen LogP contribution in [-0.2, 0) is 11.2 Å². The lowest BCUT2D eigenvalue weighted by Gasteiger charge is -2.10. The quantitative estimate of drug-likeness (QED) is 0.513. The normalized spacial score (nSPS) is 11.2. The van der Waals surface area contributed by atoms with Gasteiger partial charge >= 0.3 is 0 Å². The van der Waals surface area contributed by atoms with Crippen LogP contribution in [0.25, 0.3) is 0 Å². The number of nitrogens with zero attached hydrogens (tertiary/aromatic N) is 1. The van der Waals surface area contributed by atoms with E-state index in [9.17, 15) is 4.79 Å². The van der Waals surface area contributed by atoms with E-state index < -0.39 is 0 Å². The van der Waals surface area contributed by atoms with Gasteiger partial charge < -0.3 is 10.5 Å². The zero-order valence-corrected chi connectivity index (χ0v) is 12.1. The van der Waals surface area contributed by atoms with E-state index in [2.05, 4.69) is 10.5 Å². The summed E-state index contributed by atoms with van der Waals surface area (Å²) in [4.78, 5) is 12.1. The van der Waals surface area contributed by atoms with Crippen molar-refractivity contribution in [1.82, 2.24) is 0 Å². The van der Waals surface area contributed by atoms with Crippen LogP contribution in [0.5, 0.6) is 0 Å². The molecule has 0 fully saturated rings. The molecule has 0 atom stereocenters. The van der Waals surface area contributed by atoms with Crippen molar-refractivity contribution in [3.63, 3.8) is 0 Å². The summed E-state index contributed by atoms with van der Waals surface area (Å²) in [6, 6.07) is 15.1. The Morgan fingerprint density at radius 3 is 2.67 bits per heavy atom. The fourth-order valence-electron chi connectivity index (χ4n) is 2.16. The predicted octanol–water partition coefficient (Wildman–Crippen LogP) is 3.37. The molecule has 21 heavy (non-hydrogen) atoms. The van der Waals surface area contributed by atoms with Gasteiger partial charge in [0.05, 0.1) is 12.1 Å². The van der Waals surface area contributed by atoms with Crippen LogP contribution in [0.4, 0.5) is 5.69 Å². The van der Waals surface area contributed by atoms with E-state index in [-0.39, 0.29) is 5.91 Å². The second-order valence-electron chi connectivity index (χ2n) is 4.94. The second kappa shape index (κ2) is 6.70. The van der Waals surface area contributed by atoms with Gasteiger partial charge in [0, 0.05) is 11.3 Å². The number of benzene rings is 2. The lowest BCUT2D eigenvalue weighted by molar-refractivity contribution is -0.115. The van der Waals surface area contributed by atoms with Crippen LogP contribution < -0.4 is 5.32 Å². The Hall–Kier alpha value is -2.62. The number of hydrogen-bond donors (Lipinski definition) is 2. The summed E-state index contributed by atoms with van der Waals surface area (Å²) in [6.45, 7) is 3.68. The maximum atomic E-state index is 12.1. The molecule has 4 nitrogen and oxygen atoms in total. The van der Waals surface area contributed by atoms with Crippen molar-refractivity contribution in [3.8, 4) is 0 Å². The van der Waals surface area contributed by atoms with E-state index in [1.807, 2.05) is 43.3 Å². The lowest BCUT2D eigenvalue weighted by atomic mass is 10.1. The number of carbonyl (C=O) groups excluding carboxylic acids is 1. The zero-order valence-electron chi connectivity index (χ0n) is 12.1. The number of nitrogens with one attached hydrogen (secondary N) is 1. The number of oxime groups is 1. The predicted molar refractivity (Wildman–Crippen MR) is 84.0 cm³/mol. The summed E-state index contributed by atoms with van der Waals surface area (Å²) in [7, 11) is 0. The smallest absolute Gasteiger partial charge is 0.228 e. The lowest BCUT2D eigenvalue weighted by Crippen LogP contribution is -2.16. The molecule has 0 heterocycles. The minimum Gasteiger partial charge on any atom is -0.411 e. The molecule has 1 amide bonds.